The first-order valence-corrected chi connectivity index (χ1v) is 8.49. The van der Waals surface area contributed by atoms with E-state index in [-0.39, 0.29) is 185 Å². The fourth-order valence-electron chi connectivity index (χ4n) is 1.77. The smallest absolute Gasteiger partial charge is 1.00 e. The summed E-state index contributed by atoms with van der Waals surface area (Å²) in [6, 6.07) is 0. The van der Waals surface area contributed by atoms with Gasteiger partial charge in [0.25, 0.3) is 18.3 Å². The van der Waals surface area contributed by atoms with Gasteiger partial charge in [-0.25, -0.2) is 17.6 Å². The van der Waals surface area contributed by atoms with Gasteiger partial charge in [0, 0.05) is 37.8 Å². The molecule has 2 fully saturated rings. The third kappa shape index (κ3) is 27.5. The molecule has 2 aliphatic rings. The Hall–Kier alpha value is 3.57. The number of nitrogens with zero attached hydrogens (tertiary/aromatic N) is 1. The molecule has 0 saturated carbocycles. The van der Waals surface area contributed by atoms with E-state index < -0.39 is 11.8 Å². The first-order valence-electron chi connectivity index (χ1n) is 7.36. The molecule has 2 rings (SSSR count). The first-order chi connectivity index (χ1) is 11.7. The quantitative estimate of drug-likeness (QED) is 0.0878. The Kier molecular flexibility index (Phi) is 34.0. The van der Waals surface area contributed by atoms with Crippen molar-refractivity contribution in [1.82, 2.24) is 10.2 Å². The normalized spacial score (nSPS) is 18.7. The molecule has 3 N–H and O–H groups in total. The van der Waals surface area contributed by atoms with Crippen molar-refractivity contribution in [2.75, 3.05) is 51.3 Å². The average molecular weight is 711 g/mol. The number of aliphatic hydroxyl groups excluding tert-OH is 2. The topological polar surface area (TPSA) is 105 Å². The molecule has 2 saturated heterocycles. The van der Waals surface area contributed by atoms with Gasteiger partial charge in [-0.3, -0.25) is 9.69 Å². The molecule has 2 heterocycles. The van der Waals surface area contributed by atoms with Gasteiger partial charge in [0.05, 0.1) is 26.3 Å². The number of rotatable bonds is 4. The van der Waals surface area contributed by atoms with Gasteiger partial charge in [0.15, 0.2) is 0 Å². The molecule has 0 bridgehead atoms. The van der Waals surface area contributed by atoms with Gasteiger partial charge in [-0.05, 0) is 0 Å². The van der Waals surface area contributed by atoms with Crippen LogP contribution in [-0.4, -0.2) is 84.7 Å². The zero-order valence-corrected chi connectivity index (χ0v) is 29.8. The number of aliphatic hydroxyl groups is 2. The molecule has 154 valence electrons. The fourth-order valence-corrected chi connectivity index (χ4v) is 1.77. The van der Waals surface area contributed by atoms with Crippen molar-refractivity contribution < 1.29 is 182 Å². The van der Waals surface area contributed by atoms with E-state index in [1.807, 2.05) is 0 Å². The van der Waals surface area contributed by atoms with E-state index in [4.69, 9.17) is 20.3 Å². The Balaban J connectivity index is -0.0000000873. The van der Waals surface area contributed by atoms with Crippen LogP contribution in [0.3, 0.4) is 0 Å². The van der Waals surface area contributed by atoms with Gasteiger partial charge in [0.1, 0.15) is 0 Å². The molecule has 27 heavy (non-hydrogen) atoms. The molecule has 0 atom stereocenters. The zero-order valence-electron chi connectivity index (χ0n) is 16.6. The molecule has 0 aromatic heterocycles. The number of β-amino-alcohol motifs (C(OH)–C–C–N with tert-alkyl or cyclic N) is 1. The number of carbonyl (C=O) groups is 1. The van der Waals surface area contributed by atoms with Crippen LogP contribution in [0.25, 0.3) is 0 Å². The Morgan fingerprint density at radius 3 is 1.89 bits per heavy atom. The zero-order chi connectivity index (χ0) is 19.8. The molecule has 14 heteroatoms. The summed E-state index contributed by atoms with van der Waals surface area (Å²) in [6.45, 7) is 0.951. The summed E-state index contributed by atoms with van der Waals surface area (Å²) in [7, 11) is 0. The minimum Gasteiger partial charge on any atom is -1.00 e. The maximum absolute atomic E-state index is 12.4. The Labute approximate surface area is 284 Å². The monoisotopic (exact) mass is 710 g/mol. The number of hydrogen-bond donors (Lipinski definition) is 3. The summed E-state index contributed by atoms with van der Waals surface area (Å²) in [5.74, 6) is -4.94. The Morgan fingerprint density at radius 1 is 1.19 bits per heavy atom. The van der Waals surface area contributed by atoms with E-state index in [2.05, 4.69) is 26.1 Å². The second kappa shape index (κ2) is 24.2. The Bertz CT molecular complexity index is 337. The number of alkyl halides is 5. The first kappa shape index (κ1) is 37.9. The number of nitrogens with one attached hydrogen (secondary N) is 1. The van der Waals surface area contributed by atoms with Crippen LogP contribution < -0.4 is 148 Å². The van der Waals surface area contributed by atoms with E-state index in [9.17, 15) is 17.6 Å². The molecule has 2 aliphatic heterocycles. The molecule has 0 aliphatic carbocycles. The summed E-state index contributed by atoms with van der Waals surface area (Å²) in [5, 5.41) is 27.9. The summed E-state index contributed by atoms with van der Waals surface area (Å²) < 4.78 is 48.6. The van der Waals surface area contributed by atoms with Gasteiger partial charge in [-0.2, -0.15) is 0 Å². The Morgan fingerprint density at radius 2 is 1.70 bits per heavy atom. The molecular weight excluding hydrogens is 686 g/mol. The van der Waals surface area contributed by atoms with Gasteiger partial charge in [-0.15, -0.1) is 0 Å². The molecule has 0 spiro atoms. The van der Waals surface area contributed by atoms with E-state index in [1.54, 1.807) is 4.90 Å². The molecule has 0 radical (unpaired) electrons. The number of hydrogen-bond acceptors (Lipinski definition) is 7. The van der Waals surface area contributed by atoms with Crippen molar-refractivity contribution in [3.63, 3.8) is 0 Å². The molecule has 0 amide bonds. The van der Waals surface area contributed by atoms with Gasteiger partial charge in [0.2, 0.25) is 0 Å². The second-order valence-electron chi connectivity index (χ2n) is 4.99. The second-order valence-corrected chi connectivity index (χ2v) is 5.79. The van der Waals surface area contributed by atoms with Crippen LogP contribution in [0.15, 0.2) is 0 Å². The molecule has 0 aromatic carbocycles. The largest absolute Gasteiger partial charge is 1.00 e. The third-order valence-corrected chi connectivity index (χ3v) is 3.19. The van der Waals surface area contributed by atoms with Gasteiger partial charge < -0.3 is 27.1 Å². The molecular formula is C13H25BrCs2F4N2O5. The minimum absolute atomic E-state index is 0. The average Bonchev–Trinajstić information content (AvgIpc) is 3.13. The minimum atomic E-state index is -2.52. The van der Waals surface area contributed by atoms with Crippen LogP contribution in [-0.2, 0) is 9.68 Å². The van der Waals surface area contributed by atoms with Crippen molar-refractivity contribution in [2.45, 2.75) is 24.7 Å². The number of carbonyl (C=O) groups excluding carboxylic acids is 1. The van der Waals surface area contributed by atoms with Gasteiger partial charge in [-0.1, -0.05) is 15.9 Å². The molecule has 0 unspecified atom stereocenters. The fraction of sp³-hybridized carbons (Fsp3) is 0.923. The summed E-state index contributed by atoms with van der Waals surface area (Å²) in [6.07, 6.45) is -0.0556. The number of likely N-dealkylation sites (tertiary alicyclic amines) is 1. The standard InChI is InChI=1S/C6H11F2NO.C4H7F2N.C2H5BrO.CH2O3.2Cs.H/c7-6(8)1-2-9(5-6)3-4-10;5-4(6)1-2-7-3-4;3-1-2-4;2-1-4-3;;;/h10H,1-5H2;7H,1-3H2;4H,1-2H2;1,3H;;;/q;;;;2*+1;-1/p-1. The van der Waals surface area contributed by atoms with Crippen LogP contribution in [0.5, 0.6) is 0 Å². The summed E-state index contributed by atoms with van der Waals surface area (Å²) >= 11 is 3.00. The van der Waals surface area contributed by atoms with Crippen molar-refractivity contribution in [2.24, 2.45) is 0 Å². The van der Waals surface area contributed by atoms with Crippen LogP contribution in [0.1, 0.15) is 14.3 Å². The SMILES string of the molecule is FC1(F)CCNC1.O=CO[O-].OCCBr.OCCN1CCC(F)(F)C1.[Cs+].[Cs+].[H-]. The van der Waals surface area contributed by atoms with Crippen LogP contribution in [0.4, 0.5) is 17.6 Å². The molecule has 0 aromatic rings. The van der Waals surface area contributed by atoms with E-state index >= 15 is 0 Å². The maximum Gasteiger partial charge on any atom is 1.00 e. The van der Waals surface area contributed by atoms with Crippen LogP contribution in [0, 0.1) is 0 Å². The predicted molar refractivity (Wildman–Crippen MR) is 84.7 cm³/mol. The third-order valence-electron chi connectivity index (χ3n) is 2.84. The summed E-state index contributed by atoms with van der Waals surface area (Å²) in [4.78, 5) is 12.8. The predicted octanol–water partition coefficient (Wildman–Crippen LogP) is -6.14. The van der Waals surface area contributed by atoms with Crippen molar-refractivity contribution >= 4 is 22.4 Å². The summed E-state index contributed by atoms with van der Waals surface area (Å²) in [5.41, 5.74) is 0. The maximum atomic E-state index is 12.4. The van der Waals surface area contributed by atoms with E-state index in [1.165, 1.54) is 0 Å². The van der Waals surface area contributed by atoms with Crippen molar-refractivity contribution in [3.8, 4) is 0 Å². The van der Waals surface area contributed by atoms with Gasteiger partial charge >= 0.3 is 138 Å². The van der Waals surface area contributed by atoms with E-state index in [0.717, 1.165) is 0 Å². The van der Waals surface area contributed by atoms with E-state index in [0.29, 0.717) is 25.0 Å². The van der Waals surface area contributed by atoms with Crippen molar-refractivity contribution in [1.29, 1.82) is 0 Å². The van der Waals surface area contributed by atoms with Crippen LogP contribution >= 0.6 is 15.9 Å². The molecule has 7 nitrogen and oxygen atoms in total. The van der Waals surface area contributed by atoms with Crippen LogP contribution in [0.2, 0.25) is 0 Å². The van der Waals surface area contributed by atoms with Crippen molar-refractivity contribution in [3.05, 3.63) is 0 Å². The number of halogens is 5.